The average Bonchev–Trinajstić information content (AvgIpc) is 3.22. The van der Waals surface area contributed by atoms with E-state index in [2.05, 4.69) is 24.1 Å². The van der Waals surface area contributed by atoms with Crippen molar-refractivity contribution in [3.05, 3.63) is 29.0 Å². The van der Waals surface area contributed by atoms with Gasteiger partial charge < -0.3 is 10.1 Å². The van der Waals surface area contributed by atoms with E-state index in [9.17, 15) is 0 Å². The van der Waals surface area contributed by atoms with Gasteiger partial charge in [0, 0.05) is 25.0 Å². The van der Waals surface area contributed by atoms with Crippen LogP contribution in [0.15, 0.2) is 18.5 Å². The molecular formula is C15H23ClN2O. The Balaban J connectivity index is 2.08. The predicted octanol–water partition coefficient (Wildman–Crippen LogP) is 3.07. The predicted molar refractivity (Wildman–Crippen MR) is 78.6 cm³/mol. The zero-order valence-electron chi connectivity index (χ0n) is 11.7. The summed E-state index contributed by atoms with van der Waals surface area (Å²) in [7, 11) is 0. The van der Waals surface area contributed by atoms with Crippen LogP contribution in [0.3, 0.4) is 0 Å². The Morgan fingerprint density at radius 3 is 2.84 bits per heavy atom. The third kappa shape index (κ3) is 4.16. The Kier molecular flexibility index (Phi) is 5.61. The number of nitrogens with one attached hydrogen (secondary N) is 1. The largest absolute Gasteiger partial charge is 0.377 e. The Morgan fingerprint density at radius 2 is 2.26 bits per heavy atom. The highest BCUT2D eigenvalue weighted by molar-refractivity contribution is 6.31. The molecule has 1 saturated carbocycles. The number of likely N-dealkylation sites (N-methyl/N-ethyl adjacent to an activating group) is 1. The van der Waals surface area contributed by atoms with E-state index in [4.69, 9.17) is 16.3 Å². The van der Waals surface area contributed by atoms with Gasteiger partial charge in [0.25, 0.3) is 0 Å². The van der Waals surface area contributed by atoms with Gasteiger partial charge in [0.05, 0.1) is 11.1 Å². The minimum Gasteiger partial charge on any atom is -0.377 e. The number of hydrogen-bond acceptors (Lipinski definition) is 3. The van der Waals surface area contributed by atoms with E-state index < -0.39 is 0 Å². The van der Waals surface area contributed by atoms with Crippen molar-refractivity contribution in [1.29, 1.82) is 0 Å². The van der Waals surface area contributed by atoms with Gasteiger partial charge in [0.2, 0.25) is 0 Å². The van der Waals surface area contributed by atoms with Crippen molar-refractivity contribution in [1.82, 2.24) is 10.3 Å². The third-order valence-electron chi connectivity index (χ3n) is 3.60. The Bertz CT molecular complexity index is 395. The molecule has 1 aliphatic rings. The number of nitrogens with zero attached hydrogens (tertiary/aromatic N) is 1. The first-order valence-electron chi connectivity index (χ1n) is 7.19. The van der Waals surface area contributed by atoms with Crippen molar-refractivity contribution in [2.75, 3.05) is 13.2 Å². The number of ether oxygens (including phenoxy) is 1. The van der Waals surface area contributed by atoms with Gasteiger partial charge in [-0.05, 0) is 50.3 Å². The molecule has 1 aromatic rings. The fourth-order valence-electron chi connectivity index (χ4n) is 2.57. The van der Waals surface area contributed by atoms with Gasteiger partial charge in [0.1, 0.15) is 0 Å². The topological polar surface area (TPSA) is 34.2 Å². The van der Waals surface area contributed by atoms with Crippen molar-refractivity contribution in [3.63, 3.8) is 0 Å². The first-order valence-corrected chi connectivity index (χ1v) is 7.57. The molecule has 2 unspecified atom stereocenters. The average molecular weight is 283 g/mol. The maximum Gasteiger partial charge on any atom is 0.0759 e. The Labute approximate surface area is 120 Å². The van der Waals surface area contributed by atoms with E-state index in [1.54, 1.807) is 12.4 Å². The number of halogens is 1. The molecule has 1 aromatic heterocycles. The monoisotopic (exact) mass is 282 g/mol. The zero-order valence-corrected chi connectivity index (χ0v) is 12.5. The van der Waals surface area contributed by atoms with Gasteiger partial charge in [-0.15, -0.1) is 0 Å². The molecule has 0 radical (unpaired) electrons. The molecule has 0 aliphatic heterocycles. The van der Waals surface area contributed by atoms with Crippen molar-refractivity contribution in [2.45, 2.75) is 45.3 Å². The van der Waals surface area contributed by atoms with Crippen LogP contribution in [0.4, 0.5) is 0 Å². The van der Waals surface area contributed by atoms with E-state index in [1.165, 1.54) is 12.8 Å². The van der Waals surface area contributed by atoms with Gasteiger partial charge in [-0.2, -0.15) is 0 Å². The SMILES string of the molecule is CCNC(Cc1ccncc1Cl)C(OCC)C1CC1. The van der Waals surface area contributed by atoms with Gasteiger partial charge in [-0.1, -0.05) is 18.5 Å². The molecule has 3 nitrogen and oxygen atoms in total. The molecule has 19 heavy (non-hydrogen) atoms. The molecule has 0 bridgehead atoms. The third-order valence-corrected chi connectivity index (χ3v) is 3.95. The molecular weight excluding hydrogens is 260 g/mol. The molecule has 2 atom stereocenters. The van der Waals surface area contributed by atoms with Crippen LogP contribution < -0.4 is 5.32 Å². The van der Waals surface area contributed by atoms with Crippen LogP contribution in [0.2, 0.25) is 5.02 Å². The molecule has 0 spiro atoms. The first kappa shape index (κ1) is 14.8. The lowest BCUT2D eigenvalue weighted by molar-refractivity contribution is 0.0196. The lowest BCUT2D eigenvalue weighted by Crippen LogP contribution is -2.44. The highest BCUT2D eigenvalue weighted by Crippen LogP contribution is 2.36. The van der Waals surface area contributed by atoms with Crippen molar-refractivity contribution < 1.29 is 4.74 Å². The minimum absolute atomic E-state index is 0.300. The van der Waals surface area contributed by atoms with Crippen LogP contribution >= 0.6 is 11.6 Å². The summed E-state index contributed by atoms with van der Waals surface area (Å²) in [6.07, 6.45) is 7.29. The first-order chi connectivity index (χ1) is 9.26. The lowest BCUT2D eigenvalue weighted by atomic mass is 9.98. The fraction of sp³-hybridized carbons (Fsp3) is 0.667. The van der Waals surface area contributed by atoms with Gasteiger partial charge in [-0.25, -0.2) is 0 Å². The summed E-state index contributed by atoms with van der Waals surface area (Å²) < 4.78 is 5.97. The molecule has 1 fully saturated rings. The molecule has 2 rings (SSSR count). The van der Waals surface area contributed by atoms with Crippen LogP contribution in [0.25, 0.3) is 0 Å². The second-order valence-electron chi connectivity index (χ2n) is 5.09. The Morgan fingerprint density at radius 1 is 1.47 bits per heavy atom. The number of aromatic nitrogens is 1. The lowest BCUT2D eigenvalue weighted by Gasteiger charge is -2.28. The normalized spacial score (nSPS) is 18.3. The van der Waals surface area contributed by atoms with Crippen LogP contribution in [-0.4, -0.2) is 30.3 Å². The highest BCUT2D eigenvalue weighted by Gasteiger charge is 2.37. The summed E-state index contributed by atoms with van der Waals surface area (Å²) in [5.74, 6) is 0.713. The second kappa shape index (κ2) is 7.22. The summed E-state index contributed by atoms with van der Waals surface area (Å²) in [6.45, 7) is 5.92. The van der Waals surface area contributed by atoms with Crippen LogP contribution in [0, 0.1) is 5.92 Å². The quantitative estimate of drug-likeness (QED) is 0.796. The molecule has 106 valence electrons. The summed E-state index contributed by atoms with van der Waals surface area (Å²) in [5, 5.41) is 4.31. The van der Waals surface area contributed by atoms with Crippen molar-refractivity contribution in [2.24, 2.45) is 5.92 Å². The summed E-state index contributed by atoms with van der Waals surface area (Å²) in [4.78, 5) is 4.04. The molecule has 0 aromatic carbocycles. The maximum atomic E-state index is 6.21. The van der Waals surface area contributed by atoms with Gasteiger partial charge in [-0.3, -0.25) is 4.98 Å². The van der Waals surface area contributed by atoms with Gasteiger partial charge >= 0.3 is 0 Å². The zero-order chi connectivity index (χ0) is 13.7. The second-order valence-corrected chi connectivity index (χ2v) is 5.50. The van der Waals surface area contributed by atoms with E-state index in [0.29, 0.717) is 18.1 Å². The molecule has 4 heteroatoms. The van der Waals surface area contributed by atoms with E-state index in [0.717, 1.165) is 30.2 Å². The van der Waals surface area contributed by atoms with Crippen molar-refractivity contribution >= 4 is 11.6 Å². The number of pyridine rings is 1. The van der Waals surface area contributed by atoms with Crippen LogP contribution in [0.5, 0.6) is 0 Å². The molecule has 1 aliphatic carbocycles. The van der Waals surface area contributed by atoms with E-state index >= 15 is 0 Å². The van der Waals surface area contributed by atoms with Crippen molar-refractivity contribution in [3.8, 4) is 0 Å². The van der Waals surface area contributed by atoms with E-state index in [1.807, 2.05) is 6.07 Å². The maximum absolute atomic E-state index is 6.21. The number of hydrogen-bond donors (Lipinski definition) is 1. The highest BCUT2D eigenvalue weighted by atomic mass is 35.5. The molecule has 0 amide bonds. The molecule has 1 heterocycles. The van der Waals surface area contributed by atoms with E-state index in [-0.39, 0.29) is 0 Å². The minimum atomic E-state index is 0.300. The standard InChI is InChI=1S/C15H23ClN2O/c1-3-18-14(15(19-4-2)11-5-6-11)9-12-7-8-17-10-13(12)16/h7-8,10-11,14-15,18H,3-6,9H2,1-2H3. The van der Waals surface area contributed by atoms with Crippen LogP contribution in [-0.2, 0) is 11.2 Å². The smallest absolute Gasteiger partial charge is 0.0759 e. The summed E-state index contributed by atoms with van der Waals surface area (Å²) in [5.41, 5.74) is 1.15. The molecule has 0 saturated heterocycles. The summed E-state index contributed by atoms with van der Waals surface area (Å²) >= 11 is 6.21. The summed E-state index contributed by atoms with van der Waals surface area (Å²) in [6, 6.07) is 2.33. The van der Waals surface area contributed by atoms with Crippen LogP contribution in [0.1, 0.15) is 32.3 Å². The fourth-order valence-corrected chi connectivity index (χ4v) is 2.77. The number of rotatable bonds is 8. The molecule has 1 N–H and O–H groups in total. The Hall–Kier alpha value is -0.640. The van der Waals surface area contributed by atoms with Gasteiger partial charge in [0.15, 0.2) is 0 Å².